The van der Waals surface area contributed by atoms with Crippen LogP contribution in [0.1, 0.15) is 6.92 Å². The Labute approximate surface area is 70.5 Å². The fourth-order valence-corrected chi connectivity index (χ4v) is 0.747. The van der Waals surface area contributed by atoms with Crippen molar-refractivity contribution < 1.29 is 0 Å². The molecule has 1 aromatic rings. The Hall–Kier alpha value is -1.58. The topological polar surface area (TPSA) is 46.9 Å². The molecule has 4 nitrogen and oxygen atoms in total. The van der Waals surface area contributed by atoms with Gasteiger partial charge in [-0.1, -0.05) is 12.2 Å². The summed E-state index contributed by atoms with van der Waals surface area (Å²) < 4.78 is 1.35. The highest BCUT2D eigenvalue weighted by molar-refractivity contribution is 4.90. The maximum absolute atomic E-state index is 11.0. The Morgan fingerprint density at radius 3 is 3.25 bits per heavy atom. The van der Waals surface area contributed by atoms with Crippen molar-refractivity contribution in [1.29, 1.82) is 0 Å². The van der Waals surface area contributed by atoms with E-state index in [4.69, 9.17) is 0 Å². The van der Waals surface area contributed by atoms with Crippen molar-refractivity contribution in [2.45, 2.75) is 6.92 Å². The van der Waals surface area contributed by atoms with Crippen LogP contribution in [0.5, 0.6) is 0 Å². The summed E-state index contributed by atoms with van der Waals surface area (Å²) in [6.07, 6.45) is 6.93. The van der Waals surface area contributed by atoms with E-state index in [9.17, 15) is 4.79 Å². The van der Waals surface area contributed by atoms with Crippen LogP contribution in [0.25, 0.3) is 0 Å². The number of allylic oxidation sites excluding steroid dienone is 1. The molecule has 0 aliphatic heterocycles. The molecule has 0 atom stereocenters. The normalized spacial score (nSPS) is 10.4. The van der Waals surface area contributed by atoms with Crippen LogP contribution >= 0.6 is 0 Å². The number of nitrogens with one attached hydrogen (secondary N) is 1. The molecule has 0 bridgehead atoms. The first-order valence-corrected chi connectivity index (χ1v) is 3.73. The Balaban J connectivity index is 2.63. The van der Waals surface area contributed by atoms with Crippen molar-refractivity contribution in [3.8, 4) is 0 Å². The largest absolute Gasteiger partial charge is 0.366 e. The zero-order chi connectivity index (χ0) is 8.81. The standard InChI is InChI=1S/C8H11N3O/c1-2-3-6-10-11-7-4-5-9-8(11)12/h2-5,7,10H,6H2,1H3/b3-2+. The number of hydrogen-bond acceptors (Lipinski definition) is 3. The second kappa shape index (κ2) is 4.33. The van der Waals surface area contributed by atoms with E-state index in [2.05, 4.69) is 10.4 Å². The zero-order valence-corrected chi connectivity index (χ0v) is 6.90. The molecule has 0 radical (unpaired) electrons. The molecule has 0 aliphatic carbocycles. The molecule has 0 aromatic carbocycles. The van der Waals surface area contributed by atoms with Gasteiger partial charge in [0, 0.05) is 18.9 Å². The quantitative estimate of drug-likeness (QED) is 0.658. The lowest BCUT2D eigenvalue weighted by molar-refractivity contribution is 0.800. The van der Waals surface area contributed by atoms with E-state index in [1.54, 1.807) is 12.3 Å². The molecule has 4 heteroatoms. The molecule has 0 aliphatic rings. The van der Waals surface area contributed by atoms with E-state index in [0.29, 0.717) is 6.54 Å². The number of aromatic nitrogens is 2. The molecule has 1 rings (SSSR count). The van der Waals surface area contributed by atoms with Gasteiger partial charge in [-0.2, -0.15) is 0 Å². The SMILES string of the molecule is C/C=C/CNn1cccnc1=O. The number of hydrogen-bond donors (Lipinski definition) is 1. The monoisotopic (exact) mass is 165 g/mol. The molecular weight excluding hydrogens is 154 g/mol. The summed E-state index contributed by atoms with van der Waals surface area (Å²) in [5.74, 6) is 0. The highest BCUT2D eigenvalue weighted by atomic mass is 16.1. The first-order chi connectivity index (χ1) is 5.84. The van der Waals surface area contributed by atoms with Crippen LogP contribution in [0, 0.1) is 0 Å². The maximum Gasteiger partial charge on any atom is 0.366 e. The van der Waals surface area contributed by atoms with Gasteiger partial charge < -0.3 is 5.43 Å². The second-order valence-electron chi connectivity index (χ2n) is 2.20. The van der Waals surface area contributed by atoms with Gasteiger partial charge in [-0.05, 0) is 13.0 Å². The zero-order valence-electron chi connectivity index (χ0n) is 6.90. The van der Waals surface area contributed by atoms with Crippen molar-refractivity contribution in [3.05, 3.63) is 41.1 Å². The van der Waals surface area contributed by atoms with Gasteiger partial charge in [0.15, 0.2) is 0 Å². The van der Waals surface area contributed by atoms with Crippen molar-refractivity contribution >= 4 is 0 Å². The predicted molar refractivity (Wildman–Crippen MR) is 47.5 cm³/mol. The molecule has 1 N–H and O–H groups in total. The van der Waals surface area contributed by atoms with Crippen LogP contribution in [-0.4, -0.2) is 16.2 Å². The second-order valence-corrected chi connectivity index (χ2v) is 2.20. The summed E-state index contributed by atoms with van der Waals surface area (Å²) in [7, 11) is 0. The molecule has 0 amide bonds. The Morgan fingerprint density at radius 2 is 2.58 bits per heavy atom. The highest BCUT2D eigenvalue weighted by Crippen LogP contribution is 1.74. The van der Waals surface area contributed by atoms with Gasteiger partial charge in [0.25, 0.3) is 0 Å². The van der Waals surface area contributed by atoms with Gasteiger partial charge in [-0.3, -0.25) is 0 Å². The van der Waals surface area contributed by atoms with Crippen LogP contribution in [-0.2, 0) is 0 Å². The van der Waals surface area contributed by atoms with Crippen molar-refractivity contribution in [2.75, 3.05) is 12.0 Å². The summed E-state index contributed by atoms with van der Waals surface area (Å²) in [5, 5.41) is 0. The highest BCUT2D eigenvalue weighted by Gasteiger charge is 1.89. The fraction of sp³-hybridized carbons (Fsp3) is 0.250. The molecule has 0 fully saturated rings. The van der Waals surface area contributed by atoms with Gasteiger partial charge in [0.2, 0.25) is 0 Å². The Kier molecular flexibility index (Phi) is 3.07. The van der Waals surface area contributed by atoms with Gasteiger partial charge >= 0.3 is 5.69 Å². The summed E-state index contributed by atoms with van der Waals surface area (Å²) in [5.41, 5.74) is 2.58. The van der Waals surface area contributed by atoms with E-state index in [0.717, 1.165) is 0 Å². The number of nitrogens with zero attached hydrogens (tertiary/aromatic N) is 2. The molecule has 0 saturated heterocycles. The summed E-state index contributed by atoms with van der Waals surface area (Å²) in [4.78, 5) is 14.6. The van der Waals surface area contributed by atoms with Crippen molar-refractivity contribution in [2.24, 2.45) is 0 Å². The third-order valence-corrected chi connectivity index (χ3v) is 1.33. The molecule has 0 saturated carbocycles. The molecular formula is C8H11N3O. The third kappa shape index (κ3) is 2.23. The molecule has 0 spiro atoms. The van der Waals surface area contributed by atoms with E-state index in [1.165, 1.54) is 10.9 Å². The van der Waals surface area contributed by atoms with Gasteiger partial charge in [-0.25, -0.2) is 14.5 Å². The van der Waals surface area contributed by atoms with E-state index in [-0.39, 0.29) is 5.69 Å². The van der Waals surface area contributed by atoms with Gasteiger partial charge in [-0.15, -0.1) is 0 Å². The fourth-order valence-electron chi connectivity index (χ4n) is 0.747. The summed E-state index contributed by atoms with van der Waals surface area (Å²) in [6.45, 7) is 2.55. The maximum atomic E-state index is 11.0. The first-order valence-electron chi connectivity index (χ1n) is 3.73. The van der Waals surface area contributed by atoms with E-state index < -0.39 is 0 Å². The lowest BCUT2D eigenvalue weighted by Crippen LogP contribution is -2.29. The van der Waals surface area contributed by atoms with Crippen molar-refractivity contribution in [3.63, 3.8) is 0 Å². The minimum atomic E-state index is -0.290. The van der Waals surface area contributed by atoms with Crippen LogP contribution in [0.4, 0.5) is 0 Å². The number of rotatable bonds is 3. The lowest BCUT2D eigenvalue weighted by atomic mass is 10.5. The van der Waals surface area contributed by atoms with Gasteiger partial charge in [0.05, 0.1) is 0 Å². The molecule has 12 heavy (non-hydrogen) atoms. The van der Waals surface area contributed by atoms with Crippen LogP contribution in [0.15, 0.2) is 35.4 Å². The molecule has 64 valence electrons. The minimum Gasteiger partial charge on any atom is -0.318 e. The van der Waals surface area contributed by atoms with Gasteiger partial charge in [0.1, 0.15) is 0 Å². The lowest BCUT2D eigenvalue weighted by Gasteiger charge is -2.03. The average molecular weight is 165 g/mol. The third-order valence-electron chi connectivity index (χ3n) is 1.33. The summed E-state index contributed by atoms with van der Waals surface area (Å²) >= 11 is 0. The first kappa shape index (κ1) is 8.52. The smallest absolute Gasteiger partial charge is 0.318 e. The van der Waals surface area contributed by atoms with Crippen molar-refractivity contribution in [1.82, 2.24) is 9.66 Å². The molecule has 1 aromatic heterocycles. The minimum absolute atomic E-state index is 0.290. The van der Waals surface area contributed by atoms with Crippen LogP contribution in [0.2, 0.25) is 0 Å². The van der Waals surface area contributed by atoms with Crippen LogP contribution < -0.4 is 11.1 Å². The average Bonchev–Trinajstić information content (AvgIpc) is 2.09. The Bertz CT molecular complexity index is 316. The summed E-state index contributed by atoms with van der Waals surface area (Å²) in [6, 6.07) is 1.70. The van der Waals surface area contributed by atoms with E-state index >= 15 is 0 Å². The molecule has 0 unspecified atom stereocenters. The predicted octanol–water partition coefficient (Wildman–Crippen LogP) is 0.363. The van der Waals surface area contributed by atoms with Crippen LogP contribution in [0.3, 0.4) is 0 Å². The molecule has 1 heterocycles. The van der Waals surface area contributed by atoms with E-state index in [1.807, 2.05) is 19.1 Å². The Morgan fingerprint density at radius 1 is 1.75 bits per heavy atom.